The maximum atomic E-state index is 10.0. The molecule has 2 aliphatic rings. The van der Waals surface area contributed by atoms with Crippen LogP contribution in [0.3, 0.4) is 0 Å². The zero-order valence-electron chi connectivity index (χ0n) is 12.9. The van der Waals surface area contributed by atoms with Gasteiger partial charge in [0.25, 0.3) is 0 Å². The van der Waals surface area contributed by atoms with E-state index in [2.05, 4.69) is 0 Å². The topological polar surface area (TPSA) is 120 Å². The highest BCUT2D eigenvalue weighted by Crippen LogP contribution is 2.37. The first kappa shape index (κ1) is 17.8. The quantitative estimate of drug-likeness (QED) is 0.409. The SMILES string of the molecule is CC1=C(C)C(CCO)C(O[C@@H]2O[C@H](CO)[C@@H](O)[C@H](O)[C@H]2O)C1. The largest absolute Gasteiger partial charge is 0.396 e. The summed E-state index contributed by atoms with van der Waals surface area (Å²) in [7, 11) is 0. The van der Waals surface area contributed by atoms with E-state index in [4.69, 9.17) is 9.47 Å². The van der Waals surface area contributed by atoms with Crippen LogP contribution in [-0.2, 0) is 9.47 Å². The van der Waals surface area contributed by atoms with Crippen LogP contribution in [0.2, 0.25) is 0 Å². The Morgan fingerprint density at radius 1 is 1.09 bits per heavy atom. The van der Waals surface area contributed by atoms with Crippen molar-refractivity contribution in [2.75, 3.05) is 13.2 Å². The molecule has 0 saturated carbocycles. The fourth-order valence-corrected chi connectivity index (χ4v) is 3.24. The van der Waals surface area contributed by atoms with Gasteiger partial charge in [0.05, 0.1) is 12.7 Å². The van der Waals surface area contributed by atoms with Gasteiger partial charge in [0.15, 0.2) is 6.29 Å². The highest BCUT2D eigenvalue weighted by molar-refractivity contribution is 5.22. The van der Waals surface area contributed by atoms with Gasteiger partial charge in [-0.2, -0.15) is 0 Å². The standard InChI is InChI=1S/C15H26O7/c1-7-5-10(9(3-4-16)8(7)2)21-15-14(20)13(19)12(18)11(6-17)22-15/h9-20H,3-6H2,1-2H3/t9?,10?,11-,12-,13+,14-,15-/m1/s1. The molecule has 5 N–H and O–H groups in total. The van der Waals surface area contributed by atoms with E-state index < -0.39 is 37.3 Å². The molecule has 128 valence electrons. The van der Waals surface area contributed by atoms with E-state index in [1.54, 1.807) is 0 Å². The molecule has 1 aliphatic carbocycles. The summed E-state index contributed by atoms with van der Waals surface area (Å²) in [5, 5.41) is 48.0. The number of aliphatic hydroxyl groups is 5. The van der Waals surface area contributed by atoms with Crippen molar-refractivity contribution in [3.8, 4) is 0 Å². The first-order valence-corrected chi connectivity index (χ1v) is 7.63. The predicted octanol–water partition coefficient (Wildman–Crippen LogP) is -1.09. The Balaban J connectivity index is 2.06. The van der Waals surface area contributed by atoms with Crippen LogP contribution < -0.4 is 0 Å². The second kappa shape index (κ2) is 7.35. The molecular weight excluding hydrogens is 292 g/mol. The molecule has 1 heterocycles. The molecule has 2 unspecified atom stereocenters. The van der Waals surface area contributed by atoms with Crippen molar-refractivity contribution in [2.24, 2.45) is 5.92 Å². The van der Waals surface area contributed by atoms with Gasteiger partial charge in [-0.05, 0) is 26.7 Å². The van der Waals surface area contributed by atoms with E-state index in [-0.39, 0.29) is 18.6 Å². The molecule has 0 bridgehead atoms. The summed E-state index contributed by atoms with van der Waals surface area (Å²) in [5.74, 6) is 0.0253. The highest BCUT2D eigenvalue weighted by atomic mass is 16.7. The van der Waals surface area contributed by atoms with Crippen LogP contribution in [-0.4, -0.2) is 75.6 Å². The molecule has 22 heavy (non-hydrogen) atoms. The molecule has 0 spiro atoms. The van der Waals surface area contributed by atoms with Gasteiger partial charge >= 0.3 is 0 Å². The Bertz CT molecular complexity index is 409. The molecule has 1 fully saturated rings. The number of rotatable bonds is 5. The molecule has 0 amide bonds. The van der Waals surface area contributed by atoms with Crippen molar-refractivity contribution in [1.29, 1.82) is 0 Å². The molecule has 7 nitrogen and oxygen atoms in total. The number of hydrogen-bond donors (Lipinski definition) is 5. The molecule has 0 radical (unpaired) electrons. The molecule has 1 saturated heterocycles. The fraction of sp³-hybridized carbons (Fsp3) is 0.867. The van der Waals surface area contributed by atoms with Crippen LogP contribution in [0, 0.1) is 5.92 Å². The summed E-state index contributed by atoms with van der Waals surface area (Å²) in [5.41, 5.74) is 2.33. The lowest BCUT2D eigenvalue weighted by atomic mass is 9.96. The first-order valence-electron chi connectivity index (χ1n) is 7.63. The third-order valence-electron chi connectivity index (χ3n) is 4.78. The lowest BCUT2D eigenvalue weighted by Crippen LogP contribution is -2.59. The number of hydrogen-bond acceptors (Lipinski definition) is 7. The Morgan fingerprint density at radius 2 is 1.77 bits per heavy atom. The van der Waals surface area contributed by atoms with Gasteiger partial charge in [-0.3, -0.25) is 0 Å². The summed E-state index contributed by atoms with van der Waals surface area (Å²) < 4.78 is 11.2. The van der Waals surface area contributed by atoms with E-state index in [9.17, 15) is 25.5 Å². The van der Waals surface area contributed by atoms with Crippen LogP contribution in [0.15, 0.2) is 11.1 Å². The third kappa shape index (κ3) is 3.35. The minimum absolute atomic E-state index is 0.0253. The molecule has 2 rings (SSSR count). The van der Waals surface area contributed by atoms with E-state index in [1.807, 2.05) is 13.8 Å². The molecule has 7 atom stereocenters. The Kier molecular flexibility index (Phi) is 5.95. The minimum atomic E-state index is -1.44. The van der Waals surface area contributed by atoms with E-state index >= 15 is 0 Å². The third-order valence-corrected chi connectivity index (χ3v) is 4.78. The fourth-order valence-electron chi connectivity index (χ4n) is 3.24. The van der Waals surface area contributed by atoms with E-state index in [1.165, 1.54) is 5.57 Å². The lowest BCUT2D eigenvalue weighted by Gasteiger charge is -2.41. The maximum absolute atomic E-state index is 10.0. The number of ether oxygens (including phenoxy) is 2. The van der Waals surface area contributed by atoms with Crippen molar-refractivity contribution < 1.29 is 35.0 Å². The van der Waals surface area contributed by atoms with Crippen LogP contribution >= 0.6 is 0 Å². The van der Waals surface area contributed by atoms with Crippen LogP contribution in [0.5, 0.6) is 0 Å². The second-order valence-corrected chi connectivity index (χ2v) is 6.16. The summed E-state index contributed by atoms with van der Waals surface area (Å²) in [6.45, 7) is 3.54. The van der Waals surface area contributed by atoms with Crippen molar-refractivity contribution in [1.82, 2.24) is 0 Å². The molecule has 7 heteroatoms. The predicted molar refractivity (Wildman–Crippen MR) is 76.8 cm³/mol. The number of aliphatic hydroxyl groups excluding tert-OH is 5. The smallest absolute Gasteiger partial charge is 0.187 e. The molecular formula is C15H26O7. The van der Waals surface area contributed by atoms with Gasteiger partial charge in [0.2, 0.25) is 0 Å². The van der Waals surface area contributed by atoms with Crippen molar-refractivity contribution in [2.45, 2.75) is 63.5 Å². The average molecular weight is 318 g/mol. The second-order valence-electron chi connectivity index (χ2n) is 6.16. The summed E-state index contributed by atoms with van der Waals surface area (Å²) >= 11 is 0. The molecule has 0 aromatic carbocycles. The lowest BCUT2D eigenvalue weighted by molar-refractivity contribution is -0.313. The average Bonchev–Trinajstić information content (AvgIpc) is 2.76. The van der Waals surface area contributed by atoms with Crippen molar-refractivity contribution >= 4 is 0 Å². The highest BCUT2D eigenvalue weighted by Gasteiger charge is 2.46. The van der Waals surface area contributed by atoms with E-state index in [0.29, 0.717) is 12.8 Å². The minimum Gasteiger partial charge on any atom is -0.396 e. The zero-order valence-corrected chi connectivity index (χ0v) is 12.9. The van der Waals surface area contributed by atoms with Gasteiger partial charge in [-0.25, -0.2) is 0 Å². The molecule has 1 aliphatic heterocycles. The van der Waals surface area contributed by atoms with Gasteiger partial charge in [0.1, 0.15) is 24.4 Å². The van der Waals surface area contributed by atoms with Crippen LogP contribution in [0.1, 0.15) is 26.7 Å². The molecule has 0 aromatic rings. The zero-order chi connectivity index (χ0) is 16.4. The van der Waals surface area contributed by atoms with Crippen LogP contribution in [0.4, 0.5) is 0 Å². The Labute approximate surface area is 129 Å². The summed E-state index contributed by atoms with van der Waals surface area (Å²) in [4.78, 5) is 0. The van der Waals surface area contributed by atoms with Gasteiger partial charge in [0, 0.05) is 12.5 Å². The molecule has 0 aromatic heterocycles. The summed E-state index contributed by atoms with van der Waals surface area (Å²) in [6.07, 6.45) is -5.39. The monoisotopic (exact) mass is 318 g/mol. The van der Waals surface area contributed by atoms with Gasteiger partial charge < -0.3 is 35.0 Å². The first-order chi connectivity index (χ1) is 10.4. The van der Waals surface area contributed by atoms with Crippen molar-refractivity contribution in [3.05, 3.63) is 11.1 Å². The van der Waals surface area contributed by atoms with Gasteiger partial charge in [-0.15, -0.1) is 0 Å². The maximum Gasteiger partial charge on any atom is 0.187 e. The normalized spacial score (nSPS) is 43.0. The summed E-state index contributed by atoms with van der Waals surface area (Å²) in [6, 6.07) is 0. The van der Waals surface area contributed by atoms with E-state index in [0.717, 1.165) is 5.57 Å². The Hall–Kier alpha value is -0.540. The van der Waals surface area contributed by atoms with Gasteiger partial charge in [-0.1, -0.05) is 11.1 Å². The van der Waals surface area contributed by atoms with Crippen molar-refractivity contribution in [3.63, 3.8) is 0 Å². The van der Waals surface area contributed by atoms with Crippen LogP contribution in [0.25, 0.3) is 0 Å². The Morgan fingerprint density at radius 3 is 2.36 bits per heavy atom.